The van der Waals surface area contributed by atoms with Crippen molar-refractivity contribution in [2.75, 3.05) is 5.32 Å². The molecule has 2 N–H and O–H groups in total. The third-order valence-electron chi connectivity index (χ3n) is 3.30. The van der Waals surface area contributed by atoms with Crippen molar-refractivity contribution in [3.63, 3.8) is 0 Å². The van der Waals surface area contributed by atoms with E-state index in [0.717, 1.165) is 15.7 Å². The highest BCUT2D eigenvalue weighted by molar-refractivity contribution is 9.10. The molecule has 2 atom stereocenters. The lowest BCUT2D eigenvalue weighted by Crippen LogP contribution is -2.39. The standard InChI is InChI=1S/C17H19BrN2O/c1-12(14-8-10-15(18)11-9-14)19-13(2)17(21)20-16-6-4-3-5-7-16/h3-13,19H,1-2H3,(H,20,21)/t12-,13?/m0/s1. The van der Waals surface area contributed by atoms with E-state index >= 15 is 0 Å². The summed E-state index contributed by atoms with van der Waals surface area (Å²) in [5, 5.41) is 6.21. The maximum absolute atomic E-state index is 12.2. The van der Waals surface area contributed by atoms with Crippen LogP contribution >= 0.6 is 15.9 Å². The molecule has 21 heavy (non-hydrogen) atoms. The molecule has 0 aliphatic rings. The molecule has 3 nitrogen and oxygen atoms in total. The van der Waals surface area contributed by atoms with Crippen molar-refractivity contribution in [3.05, 3.63) is 64.6 Å². The Morgan fingerprint density at radius 3 is 2.24 bits per heavy atom. The summed E-state index contributed by atoms with van der Waals surface area (Å²) >= 11 is 3.42. The van der Waals surface area contributed by atoms with Crippen LogP contribution in [0.2, 0.25) is 0 Å². The lowest BCUT2D eigenvalue weighted by Gasteiger charge is -2.20. The summed E-state index contributed by atoms with van der Waals surface area (Å²) in [5.74, 6) is -0.0369. The molecule has 0 bridgehead atoms. The molecule has 0 radical (unpaired) electrons. The van der Waals surface area contributed by atoms with Gasteiger partial charge in [0.15, 0.2) is 0 Å². The summed E-state index contributed by atoms with van der Waals surface area (Å²) in [5.41, 5.74) is 1.96. The van der Waals surface area contributed by atoms with Crippen molar-refractivity contribution in [1.82, 2.24) is 5.32 Å². The molecule has 110 valence electrons. The van der Waals surface area contributed by atoms with Crippen LogP contribution in [0.3, 0.4) is 0 Å². The number of anilines is 1. The molecule has 2 aromatic carbocycles. The van der Waals surface area contributed by atoms with Crippen molar-refractivity contribution in [1.29, 1.82) is 0 Å². The summed E-state index contributed by atoms with van der Waals surface area (Å²) < 4.78 is 1.05. The molecule has 0 saturated heterocycles. The zero-order chi connectivity index (χ0) is 15.2. The first kappa shape index (κ1) is 15.7. The van der Waals surface area contributed by atoms with Gasteiger partial charge in [-0.2, -0.15) is 0 Å². The monoisotopic (exact) mass is 346 g/mol. The molecule has 1 amide bonds. The van der Waals surface area contributed by atoms with E-state index in [4.69, 9.17) is 0 Å². The number of carbonyl (C=O) groups is 1. The lowest BCUT2D eigenvalue weighted by atomic mass is 10.1. The van der Waals surface area contributed by atoms with Gasteiger partial charge in [-0.15, -0.1) is 0 Å². The maximum Gasteiger partial charge on any atom is 0.241 e. The minimum absolute atomic E-state index is 0.0369. The zero-order valence-electron chi connectivity index (χ0n) is 12.1. The van der Waals surface area contributed by atoms with Gasteiger partial charge in [-0.3, -0.25) is 10.1 Å². The molecular weight excluding hydrogens is 328 g/mol. The topological polar surface area (TPSA) is 41.1 Å². The number of hydrogen-bond acceptors (Lipinski definition) is 2. The quantitative estimate of drug-likeness (QED) is 0.854. The summed E-state index contributed by atoms with van der Waals surface area (Å²) in [4.78, 5) is 12.2. The molecule has 0 heterocycles. The van der Waals surface area contributed by atoms with Gasteiger partial charge in [-0.25, -0.2) is 0 Å². The van der Waals surface area contributed by atoms with Gasteiger partial charge < -0.3 is 5.32 Å². The van der Waals surface area contributed by atoms with Gasteiger partial charge in [0.1, 0.15) is 0 Å². The van der Waals surface area contributed by atoms with Crippen LogP contribution in [0, 0.1) is 0 Å². The summed E-state index contributed by atoms with van der Waals surface area (Å²) in [6.45, 7) is 3.92. The average molecular weight is 347 g/mol. The zero-order valence-corrected chi connectivity index (χ0v) is 13.7. The number of amides is 1. The lowest BCUT2D eigenvalue weighted by molar-refractivity contribution is -0.117. The highest BCUT2D eigenvalue weighted by Crippen LogP contribution is 2.17. The van der Waals surface area contributed by atoms with Crippen LogP contribution in [0.15, 0.2) is 59.1 Å². The number of nitrogens with one attached hydrogen (secondary N) is 2. The number of para-hydroxylation sites is 1. The Labute approximate surface area is 133 Å². The predicted octanol–water partition coefficient (Wildman–Crippen LogP) is 4.13. The normalized spacial score (nSPS) is 13.5. The molecule has 1 unspecified atom stereocenters. The van der Waals surface area contributed by atoms with E-state index in [1.165, 1.54) is 0 Å². The number of halogens is 1. The predicted molar refractivity (Wildman–Crippen MR) is 90.2 cm³/mol. The number of rotatable bonds is 5. The van der Waals surface area contributed by atoms with Gasteiger partial charge in [0.25, 0.3) is 0 Å². The fourth-order valence-corrected chi connectivity index (χ4v) is 2.33. The smallest absolute Gasteiger partial charge is 0.241 e. The second-order valence-corrected chi connectivity index (χ2v) is 5.93. The Hall–Kier alpha value is -1.65. The molecule has 0 fully saturated rings. The van der Waals surface area contributed by atoms with Crippen molar-refractivity contribution in [2.45, 2.75) is 25.9 Å². The van der Waals surface area contributed by atoms with Gasteiger partial charge in [0.05, 0.1) is 6.04 Å². The number of carbonyl (C=O) groups excluding carboxylic acids is 1. The molecule has 4 heteroatoms. The van der Waals surface area contributed by atoms with Gasteiger partial charge in [0.2, 0.25) is 5.91 Å². The summed E-state index contributed by atoms with van der Waals surface area (Å²) in [6, 6.07) is 17.4. The van der Waals surface area contributed by atoms with Crippen LogP contribution in [-0.2, 0) is 4.79 Å². The van der Waals surface area contributed by atoms with E-state index in [1.54, 1.807) is 0 Å². The van der Waals surface area contributed by atoms with Crippen LogP contribution in [0.4, 0.5) is 5.69 Å². The molecule has 0 saturated carbocycles. The van der Waals surface area contributed by atoms with Crippen LogP contribution in [0.5, 0.6) is 0 Å². The van der Waals surface area contributed by atoms with E-state index in [2.05, 4.69) is 33.5 Å². The van der Waals surface area contributed by atoms with Crippen LogP contribution < -0.4 is 10.6 Å². The summed E-state index contributed by atoms with van der Waals surface area (Å²) in [7, 11) is 0. The Morgan fingerprint density at radius 1 is 1.00 bits per heavy atom. The minimum atomic E-state index is -0.274. The molecule has 2 aromatic rings. The molecule has 0 aliphatic heterocycles. The maximum atomic E-state index is 12.2. The van der Waals surface area contributed by atoms with E-state index in [0.29, 0.717) is 0 Å². The summed E-state index contributed by atoms with van der Waals surface area (Å²) in [6.07, 6.45) is 0. The average Bonchev–Trinajstić information content (AvgIpc) is 2.48. The van der Waals surface area contributed by atoms with Gasteiger partial charge in [0, 0.05) is 16.2 Å². The van der Waals surface area contributed by atoms with Crippen molar-refractivity contribution in [3.8, 4) is 0 Å². The van der Waals surface area contributed by atoms with Crippen molar-refractivity contribution >= 4 is 27.5 Å². The molecule has 0 aromatic heterocycles. The number of benzene rings is 2. The highest BCUT2D eigenvalue weighted by Gasteiger charge is 2.16. The SMILES string of the molecule is CC(N[C@@H](C)c1ccc(Br)cc1)C(=O)Nc1ccccc1. The number of hydrogen-bond donors (Lipinski definition) is 2. The van der Waals surface area contributed by atoms with Crippen LogP contribution in [-0.4, -0.2) is 11.9 Å². The second-order valence-electron chi connectivity index (χ2n) is 5.02. The van der Waals surface area contributed by atoms with E-state index in [9.17, 15) is 4.79 Å². The van der Waals surface area contributed by atoms with Crippen LogP contribution in [0.25, 0.3) is 0 Å². The third kappa shape index (κ3) is 4.69. The first-order valence-electron chi connectivity index (χ1n) is 6.93. The Kier molecular flexibility index (Phi) is 5.53. The van der Waals surface area contributed by atoms with Gasteiger partial charge in [-0.1, -0.05) is 46.3 Å². The fourth-order valence-electron chi connectivity index (χ4n) is 2.07. The Morgan fingerprint density at radius 2 is 1.62 bits per heavy atom. The Balaban J connectivity index is 1.92. The van der Waals surface area contributed by atoms with Crippen molar-refractivity contribution in [2.24, 2.45) is 0 Å². The Bertz CT molecular complexity index is 583. The van der Waals surface area contributed by atoms with E-state index in [-0.39, 0.29) is 18.0 Å². The molecular formula is C17H19BrN2O. The second kappa shape index (κ2) is 7.38. The van der Waals surface area contributed by atoms with Gasteiger partial charge >= 0.3 is 0 Å². The van der Waals surface area contributed by atoms with Crippen LogP contribution in [0.1, 0.15) is 25.5 Å². The fraction of sp³-hybridized carbons (Fsp3) is 0.235. The first-order chi connectivity index (χ1) is 10.1. The highest BCUT2D eigenvalue weighted by atomic mass is 79.9. The van der Waals surface area contributed by atoms with Crippen molar-refractivity contribution < 1.29 is 4.79 Å². The van der Waals surface area contributed by atoms with E-state index in [1.807, 2.05) is 61.5 Å². The first-order valence-corrected chi connectivity index (χ1v) is 7.73. The molecule has 2 rings (SSSR count). The largest absolute Gasteiger partial charge is 0.325 e. The van der Waals surface area contributed by atoms with Gasteiger partial charge in [-0.05, 0) is 43.7 Å². The molecule has 0 spiro atoms. The third-order valence-corrected chi connectivity index (χ3v) is 3.83. The van der Waals surface area contributed by atoms with E-state index < -0.39 is 0 Å². The molecule has 0 aliphatic carbocycles. The minimum Gasteiger partial charge on any atom is -0.325 e.